The fourth-order valence-electron chi connectivity index (χ4n) is 2.43. The minimum absolute atomic E-state index is 0.0273. The summed E-state index contributed by atoms with van der Waals surface area (Å²) in [6.45, 7) is 0.942. The van der Waals surface area contributed by atoms with Crippen LogP contribution in [0.15, 0.2) is 48.5 Å². The van der Waals surface area contributed by atoms with Crippen LogP contribution in [-0.4, -0.2) is 12.5 Å². The van der Waals surface area contributed by atoms with Crippen LogP contribution in [0, 0.1) is 5.92 Å². The van der Waals surface area contributed by atoms with E-state index in [4.69, 9.17) is 16.3 Å². The van der Waals surface area contributed by atoms with Gasteiger partial charge in [-0.05, 0) is 35.7 Å². The van der Waals surface area contributed by atoms with E-state index in [1.807, 2.05) is 48.5 Å². The maximum Gasteiger partial charge on any atom is 0.227 e. The first kappa shape index (κ1) is 14.0. The molecule has 2 aromatic carbocycles. The summed E-state index contributed by atoms with van der Waals surface area (Å²) in [5.41, 5.74) is 2.13. The smallest absolute Gasteiger partial charge is 0.227 e. The van der Waals surface area contributed by atoms with Crippen LogP contribution in [0.5, 0.6) is 5.75 Å². The minimum atomic E-state index is -0.132. The van der Waals surface area contributed by atoms with E-state index in [0.717, 1.165) is 23.3 Å². The number of fused-ring (bicyclic) bond motifs is 1. The van der Waals surface area contributed by atoms with Crippen LogP contribution in [-0.2, 0) is 17.8 Å². The molecule has 1 aliphatic rings. The molecular weight excluding hydrogens is 286 g/mol. The normalized spacial score (nSPS) is 16.7. The number of hydrogen-bond donors (Lipinski definition) is 1. The topological polar surface area (TPSA) is 38.3 Å². The first-order valence-corrected chi connectivity index (χ1v) is 7.33. The Hall–Kier alpha value is -2.00. The third-order valence-electron chi connectivity index (χ3n) is 3.63. The van der Waals surface area contributed by atoms with E-state index in [2.05, 4.69) is 5.32 Å². The predicted octanol–water partition coefficient (Wildman–Crippen LogP) is 3.21. The van der Waals surface area contributed by atoms with Crippen LogP contribution in [0.25, 0.3) is 0 Å². The zero-order valence-corrected chi connectivity index (χ0v) is 12.3. The summed E-state index contributed by atoms with van der Waals surface area (Å²) in [7, 11) is 0. The van der Waals surface area contributed by atoms with E-state index >= 15 is 0 Å². The molecule has 3 rings (SSSR count). The molecule has 1 amide bonds. The van der Waals surface area contributed by atoms with Crippen molar-refractivity contribution in [2.45, 2.75) is 13.0 Å². The van der Waals surface area contributed by atoms with E-state index in [9.17, 15) is 4.79 Å². The second kappa shape index (κ2) is 6.19. The number of benzene rings is 2. The Kier molecular flexibility index (Phi) is 4.11. The van der Waals surface area contributed by atoms with Crippen molar-refractivity contribution < 1.29 is 9.53 Å². The maximum atomic E-state index is 12.2. The molecule has 0 spiro atoms. The fourth-order valence-corrected chi connectivity index (χ4v) is 2.56. The average Bonchev–Trinajstić information content (AvgIpc) is 2.53. The predicted molar refractivity (Wildman–Crippen MR) is 82.4 cm³/mol. The fraction of sp³-hybridized carbons (Fsp3) is 0.235. The van der Waals surface area contributed by atoms with Crippen molar-refractivity contribution in [3.63, 3.8) is 0 Å². The van der Waals surface area contributed by atoms with Gasteiger partial charge in [-0.15, -0.1) is 0 Å². The van der Waals surface area contributed by atoms with E-state index < -0.39 is 0 Å². The van der Waals surface area contributed by atoms with Crippen molar-refractivity contribution in [3.05, 3.63) is 64.7 Å². The van der Waals surface area contributed by atoms with Crippen molar-refractivity contribution in [3.8, 4) is 5.75 Å². The number of hydrogen-bond acceptors (Lipinski definition) is 2. The molecule has 1 aliphatic heterocycles. The highest BCUT2D eigenvalue weighted by Crippen LogP contribution is 2.26. The van der Waals surface area contributed by atoms with E-state index in [1.54, 1.807) is 0 Å². The zero-order chi connectivity index (χ0) is 14.7. The van der Waals surface area contributed by atoms with Gasteiger partial charge in [0.05, 0.1) is 5.92 Å². The molecule has 0 saturated heterocycles. The summed E-state index contributed by atoms with van der Waals surface area (Å²) < 4.78 is 5.65. The van der Waals surface area contributed by atoms with Gasteiger partial charge < -0.3 is 10.1 Å². The van der Waals surface area contributed by atoms with Crippen molar-refractivity contribution in [2.24, 2.45) is 5.92 Å². The molecule has 0 fully saturated rings. The summed E-state index contributed by atoms with van der Waals surface area (Å²) in [6.07, 6.45) is 0.725. The van der Waals surface area contributed by atoms with Gasteiger partial charge in [0.15, 0.2) is 0 Å². The molecule has 1 atom stereocenters. The molecule has 0 aromatic heterocycles. The lowest BCUT2D eigenvalue weighted by molar-refractivity contribution is -0.126. The molecule has 0 radical (unpaired) electrons. The van der Waals surface area contributed by atoms with E-state index in [1.165, 1.54) is 0 Å². The first-order chi connectivity index (χ1) is 10.2. The molecule has 1 heterocycles. The third kappa shape index (κ3) is 3.37. The van der Waals surface area contributed by atoms with Crippen molar-refractivity contribution in [2.75, 3.05) is 6.61 Å². The zero-order valence-electron chi connectivity index (χ0n) is 11.5. The van der Waals surface area contributed by atoms with Gasteiger partial charge in [-0.2, -0.15) is 0 Å². The van der Waals surface area contributed by atoms with Gasteiger partial charge in [-0.1, -0.05) is 41.9 Å². The highest BCUT2D eigenvalue weighted by molar-refractivity contribution is 6.30. The Morgan fingerprint density at radius 3 is 2.76 bits per heavy atom. The molecule has 2 aromatic rings. The highest BCUT2D eigenvalue weighted by Gasteiger charge is 2.25. The van der Waals surface area contributed by atoms with Crippen molar-refractivity contribution >= 4 is 17.5 Å². The summed E-state index contributed by atoms with van der Waals surface area (Å²) >= 11 is 5.84. The van der Waals surface area contributed by atoms with Crippen LogP contribution < -0.4 is 10.1 Å². The van der Waals surface area contributed by atoms with E-state index in [0.29, 0.717) is 18.2 Å². The van der Waals surface area contributed by atoms with Gasteiger partial charge in [0.2, 0.25) is 5.91 Å². The van der Waals surface area contributed by atoms with Gasteiger partial charge >= 0.3 is 0 Å². The quantitative estimate of drug-likeness (QED) is 0.945. The van der Waals surface area contributed by atoms with Gasteiger partial charge in [0.25, 0.3) is 0 Å². The van der Waals surface area contributed by atoms with Crippen LogP contribution in [0.2, 0.25) is 5.02 Å². The van der Waals surface area contributed by atoms with Gasteiger partial charge in [-0.25, -0.2) is 0 Å². The number of ether oxygens (including phenoxy) is 1. The highest BCUT2D eigenvalue weighted by atomic mass is 35.5. The number of para-hydroxylation sites is 1. The largest absolute Gasteiger partial charge is 0.492 e. The second-order valence-electron chi connectivity index (χ2n) is 5.16. The SMILES string of the molecule is O=C(NCc1ccc(Cl)cc1)[C@@H]1COc2ccccc2C1. The summed E-state index contributed by atoms with van der Waals surface area (Å²) in [4.78, 5) is 12.2. The third-order valence-corrected chi connectivity index (χ3v) is 3.88. The Labute approximate surface area is 128 Å². The van der Waals surface area contributed by atoms with Crippen LogP contribution >= 0.6 is 11.6 Å². The molecule has 108 valence electrons. The molecule has 1 N–H and O–H groups in total. The molecular formula is C17H16ClNO2. The van der Waals surface area contributed by atoms with Gasteiger partial charge in [-0.3, -0.25) is 4.79 Å². The maximum absolute atomic E-state index is 12.2. The molecule has 0 saturated carbocycles. The minimum Gasteiger partial charge on any atom is -0.492 e. The van der Waals surface area contributed by atoms with Gasteiger partial charge in [0.1, 0.15) is 12.4 Å². The van der Waals surface area contributed by atoms with Crippen LogP contribution in [0.4, 0.5) is 0 Å². The molecule has 0 aliphatic carbocycles. The average molecular weight is 302 g/mol. The Bertz CT molecular complexity index is 639. The second-order valence-corrected chi connectivity index (χ2v) is 5.60. The lowest BCUT2D eigenvalue weighted by Gasteiger charge is -2.24. The standard InChI is InChI=1S/C17H16ClNO2/c18-15-7-5-12(6-8-15)10-19-17(20)14-9-13-3-1-2-4-16(13)21-11-14/h1-8,14H,9-11H2,(H,19,20)/t14-/m0/s1. The summed E-state index contributed by atoms with van der Waals surface area (Å²) in [5, 5.41) is 3.65. The summed E-state index contributed by atoms with van der Waals surface area (Å²) in [5.74, 6) is 0.783. The lowest BCUT2D eigenvalue weighted by atomic mass is 9.96. The molecule has 0 bridgehead atoms. The first-order valence-electron chi connectivity index (χ1n) is 6.95. The van der Waals surface area contributed by atoms with E-state index in [-0.39, 0.29) is 11.8 Å². The van der Waals surface area contributed by atoms with Crippen LogP contribution in [0.1, 0.15) is 11.1 Å². The number of rotatable bonds is 3. The molecule has 3 nitrogen and oxygen atoms in total. The van der Waals surface area contributed by atoms with Crippen molar-refractivity contribution in [1.82, 2.24) is 5.32 Å². The number of carbonyl (C=O) groups is 1. The Morgan fingerprint density at radius 2 is 1.95 bits per heavy atom. The molecule has 0 unspecified atom stereocenters. The number of halogens is 1. The molecule has 21 heavy (non-hydrogen) atoms. The van der Waals surface area contributed by atoms with Crippen LogP contribution in [0.3, 0.4) is 0 Å². The lowest BCUT2D eigenvalue weighted by Crippen LogP contribution is -2.37. The van der Waals surface area contributed by atoms with Crippen molar-refractivity contribution in [1.29, 1.82) is 0 Å². The summed E-state index contributed by atoms with van der Waals surface area (Å²) in [6, 6.07) is 15.3. The Morgan fingerprint density at radius 1 is 1.19 bits per heavy atom. The van der Waals surface area contributed by atoms with Gasteiger partial charge in [0, 0.05) is 11.6 Å². The number of nitrogens with one attached hydrogen (secondary N) is 1. The monoisotopic (exact) mass is 301 g/mol. The number of carbonyl (C=O) groups excluding carboxylic acids is 1. The Balaban J connectivity index is 1.58. The molecule has 4 heteroatoms. The number of amides is 1.